The molecule has 1 aromatic rings. The second kappa shape index (κ2) is 16.6. The molecule has 5 atom stereocenters. The van der Waals surface area contributed by atoms with E-state index in [4.69, 9.17) is 22.9 Å². The van der Waals surface area contributed by atoms with Gasteiger partial charge in [-0.15, -0.1) is 0 Å². The number of hydrogen-bond acceptors (Lipinski definition) is 8. The van der Waals surface area contributed by atoms with E-state index in [1.54, 1.807) is 30.3 Å². The van der Waals surface area contributed by atoms with Gasteiger partial charge in [0.15, 0.2) is 5.96 Å². The number of aliphatic carboxylic acids is 1. The topological polar surface area (TPSA) is 278 Å². The van der Waals surface area contributed by atoms with Crippen LogP contribution in [0, 0.1) is 0 Å². The van der Waals surface area contributed by atoms with Crippen molar-refractivity contribution in [3.05, 3.63) is 35.9 Å². The Labute approximate surface area is 225 Å². The molecule has 15 nitrogen and oxygen atoms in total. The summed E-state index contributed by atoms with van der Waals surface area (Å²) in [7, 11) is 0. The smallest absolute Gasteiger partial charge is 0.326 e. The fraction of sp³-hybridized carbons (Fsp3) is 0.500. The van der Waals surface area contributed by atoms with Crippen molar-refractivity contribution in [2.24, 2.45) is 27.9 Å². The zero-order chi connectivity index (χ0) is 29.5. The lowest BCUT2D eigenvalue weighted by atomic mass is 10.0. The Morgan fingerprint density at radius 2 is 1.44 bits per heavy atom. The molecule has 0 heterocycles. The lowest BCUT2D eigenvalue weighted by Crippen LogP contribution is -2.58. The largest absolute Gasteiger partial charge is 0.480 e. The van der Waals surface area contributed by atoms with E-state index >= 15 is 0 Å². The van der Waals surface area contributed by atoms with Gasteiger partial charge in [0.2, 0.25) is 23.6 Å². The van der Waals surface area contributed by atoms with Crippen LogP contribution in [0.3, 0.4) is 0 Å². The lowest BCUT2D eigenvalue weighted by molar-refractivity contribution is -0.142. The van der Waals surface area contributed by atoms with Crippen molar-refractivity contribution in [3.8, 4) is 0 Å². The standard InChI is InChI=1S/C24H38N8O7/c1-13(33)19(26)22(37)32-17(12-14-6-3-2-4-7-14)21(36)30-15(9-10-18(25)34)20(35)31-16(23(38)39)8-5-11-29-24(27)28/h2-4,6-7,13,15-17,19,33H,5,8-12,26H2,1H3,(H2,25,34)(H,30,36)(H,31,35)(H,32,37)(H,38,39)(H4,27,28,29). The Kier molecular flexibility index (Phi) is 13.9. The molecule has 0 fully saturated rings. The van der Waals surface area contributed by atoms with Crippen LogP contribution in [0.15, 0.2) is 35.3 Å². The Morgan fingerprint density at radius 1 is 0.872 bits per heavy atom. The monoisotopic (exact) mass is 550 g/mol. The highest BCUT2D eigenvalue weighted by Crippen LogP contribution is 2.07. The summed E-state index contributed by atoms with van der Waals surface area (Å²) >= 11 is 0. The van der Waals surface area contributed by atoms with Gasteiger partial charge in [0.1, 0.15) is 24.2 Å². The number of carbonyl (C=O) groups excluding carboxylic acids is 4. The third-order valence-electron chi connectivity index (χ3n) is 5.61. The van der Waals surface area contributed by atoms with E-state index in [0.717, 1.165) is 0 Å². The number of carbonyl (C=O) groups is 5. The highest BCUT2D eigenvalue weighted by atomic mass is 16.4. The SMILES string of the molecule is CC(O)C(N)C(=O)NC(Cc1ccccc1)C(=O)NC(CCC(N)=O)C(=O)NC(CCCN=C(N)N)C(=O)O. The van der Waals surface area contributed by atoms with Gasteiger partial charge < -0.3 is 49.1 Å². The summed E-state index contributed by atoms with van der Waals surface area (Å²) in [5.74, 6) is -4.70. The molecule has 0 radical (unpaired) electrons. The predicted octanol–water partition coefficient (Wildman–Crippen LogP) is -3.20. The van der Waals surface area contributed by atoms with Crippen LogP contribution in [0.25, 0.3) is 0 Å². The summed E-state index contributed by atoms with van der Waals surface area (Å²) in [5, 5.41) is 26.5. The normalized spacial score (nSPS) is 14.5. The van der Waals surface area contributed by atoms with Gasteiger partial charge in [0, 0.05) is 19.4 Å². The molecule has 216 valence electrons. The highest BCUT2D eigenvalue weighted by Gasteiger charge is 2.31. The van der Waals surface area contributed by atoms with Crippen LogP contribution in [0.5, 0.6) is 0 Å². The number of guanidine groups is 1. The first-order chi connectivity index (χ1) is 18.3. The van der Waals surface area contributed by atoms with Crippen LogP contribution < -0.4 is 38.9 Å². The van der Waals surface area contributed by atoms with Gasteiger partial charge in [0.25, 0.3) is 0 Å². The first-order valence-electron chi connectivity index (χ1n) is 12.3. The molecule has 13 N–H and O–H groups in total. The molecular weight excluding hydrogens is 512 g/mol. The summed E-state index contributed by atoms with van der Waals surface area (Å²) < 4.78 is 0. The molecule has 0 aromatic heterocycles. The third kappa shape index (κ3) is 12.7. The van der Waals surface area contributed by atoms with E-state index < -0.39 is 59.9 Å². The molecule has 4 amide bonds. The van der Waals surface area contributed by atoms with E-state index in [0.29, 0.717) is 5.56 Å². The van der Waals surface area contributed by atoms with E-state index in [9.17, 15) is 34.2 Å². The Balaban J connectivity index is 3.09. The molecule has 39 heavy (non-hydrogen) atoms. The number of nitrogens with one attached hydrogen (secondary N) is 3. The highest BCUT2D eigenvalue weighted by molar-refractivity contribution is 5.94. The van der Waals surface area contributed by atoms with Gasteiger partial charge in [0.05, 0.1) is 6.10 Å². The first kappa shape index (κ1) is 32.8. The van der Waals surface area contributed by atoms with Crippen molar-refractivity contribution in [1.29, 1.82) is 0 Å². The molecule has 0 saturated heterocycles. The number of benzene rings is 1. The number of primary amides is 1. The minimum absolute atomic E-state index is 0.0116. The maximum Gasteiger partial charge on any atom is 0.326 e. The number of nitrogens with two attached hydrogens (primary N) is 4. The fourth-order valence-electron chi connectivity index (χ4n) is 3.41. The van der Waals surface area contributed by atoms with Crippen molar-refractivity contribution in [1.82, 2.24) is 16.0 Å². The number of carboxylic acid groups (broad SMARTS) is 1. The van der Waals surface area contributed by atoms with E-state index in [1.165, 1.54) is 6.92 Å². The first-order valence-corrected chi connectivity index (χ1v) is 12.3. The number of rotatable bonds is 17. The second-order valence-corrected chi connectivity index (χ2v) is 8.93. The molecule has 15 heteroatoms. The average molecular weight is 551 g/mol. The van der Waals surface area contributed by atoms with Gasteiger partial charge in [-0.1, -0.05) is 30.3 Å². The number of carboxylic acids is 1. The van der Waals surface area contributed by atoms with Crippen molar-refractivity contribution >= 4 is 35.6 Å². The minimum Gasteiger partial charge on any atom is -0.480 e. The van der Waals surface area contributed by atoms with Crippen molar-refractivity contribution in [2.75, 3.05) is 6.54 Å². The Hall–Kier alpha value is -4.24. The molecule has 1 rings (SSSR count). The average Bonchev–Trinajstić information content (AvgIpc) is 2.87. The number of aliphatic hydroxyl groups is 1. The van der Waals surface area contributed by atoms with Crippen LogP contribution in [0.2, 0.25) is 0 Å². The fourth-order valence-corrected chi connectivity index (χ4v) is 3.41. The van der Waals surface area contributed by atoms with Gasteiger partial charge in [-0.3, -0.25) is 24.2 Å². The quantitative estimate of drug-likeness (QED) is 0.0531. The number of aliphatic hydroxyl groups excluding tert-OH is 1. The van der Waals surface area contributed by atoms with Gasteiger partial charge in [-0.2, -0.15) is 0 Å². The molecule has 0 aliphatic rings. The maximum atomic E-state index is 13.2. The van der Waals surface area contributed by atoms with Gasteiger partial charge in [-0.25, -0.2) is 4.79 Å². The van der Waals surface area contributed by atoms with E-state index in [1.807, 2.05) is 0 Å². The lowest BCUT2D eigenvalue weighted by Gasteiger charge is -2.25. The number of aliphatic imine (C=N–C) groups is 1. The molecular formula is C24H38N8O7. The van der Waals surface area contributed by atoms with E-state index in [-0.39, 0.29) is 44.6 Å². The molecule has 0 bridgehead atoms. The Morgan fingerprint density at radius 3 is 1.97 bits per heavy atom. The number of hydrogen-bond donors (Lipinski definition) is 9. The molecule has 0 aliphatic heterocycles. The minimum atomic E-state index is -1.36. The Bertz CT molecular complexity index is 1010. The number of amides is 4. The molecule has 5 unspecified atom stereocenters. The zero-order valence-corrected chi connectivity index (χ0v) is 21.7. The van der Waals surface area contributed by atoms with Crippen molar-refractivity contribution < 1.29 is 34.2 Å². The number of nitrogens with zero attached hydrogens (tertiary/aromatic N) is 1. The van der Waals surface area contributed by atoms with Crippen LogP contribution >= 0.6 is 0 Å². The maximum absolute atomic E-state index is 13.2. The van der Waals surface area contributed by atoms with E-state index in [2.05, 4.69) is 20.9 Å². The van der Waals surface area contributed by atoms with Crippen LogP contribution in [-0.4, -0.2) is 82.6 Å². The van der Waals surface area contributed by atoms with Crippen LogP contribution in [0.4, 0.5) is 0 Å². The zero-order valence-electron chi connectivity index (χ0n) is 21.7. The van der Waals surface area contributed by atoms with Crippen molar-refractivity contribution in [3.63, 3.8) is 0 Å². The second-order valence-electron chi connectivity index (χ2n) is 8.93. The summed E-state index contributed by atoms with van der Waals surface area (Å²) in [4.78, 5) is 65.6. The molecule has 0 aliphatic carbocycles. The van der Waals surface area contributed by atoms with Crippen LogP contribution in [-0.2, 0) is 30.4 Å². The molecule has 0 spiro atoms. The van der Waals surface area contributed by atoms with Crippen LogP contribution in [0.1, 0.15) is 38.2 Å². The van der Waals surface area contributed by atoms with Crippen molar-refractivity contribution in [2.45, 2.75) is 69.3 Å². The summed E-state index contributed by atoms with van der Waals surface area (Å²) in [6.45, 7) is 1.45. The molecule has 0 saturated carbocycles. The molecule has 1 aromatic carbocycles. The summed E-state index contributed by atoms with van der Waals surface area (Å²) in [5.41, 5.74) is 22.1. The van der Waals surface area contributed by atoms with Gasteiger partial charge in [-0.05, 0) is 31.7 Å². The summed E-state index contributed by atoms with van der Waals surface area (Å²) in [6, 6.07) is 3.45. The third-order valence-corrected chi connectivity index (χ3v) is 5.61. The summed E-state index contributed by atoms with van der Waals surface area (Å²) in [6.07, 6.45) is -1.48. The van der Waals surface area contributed by atoms with Gasteiger partial charge >= 0.3 is 5.97 Å². The predicted molar refractivity (Wildman–Crippen MR) is 142 cm³/mol.